The van der Waals surface area contributed by atoms with Gasteiger partial charge >= 0.3 is 0 Å². The van der Waals surface area contributed by atoms with Crippen molar-refractivity contribution in [3.05, 3.63) is 35.9 Å². The Labute approximate surface area is 120 Å². The largest absolute Gasteiger partial charge is 0.489 e. The van der Waals surface area contributed by atoms with Crippen LogP contribution in [0.5, 0.6) is 5.75 Å². The van der Waals surface area contributed by atoms with Gasteiger partial charge in [0, 0.05) is 60.2 Å². The molecule has 1 nitrogen and oxygen atoms in total. The number of fused-ring (bicyclic) bond motifs is 1. The van der Waals surface area contributed by atoms with Crippen LogP contribution in [-0.4, -0.2) is 6.61 Å². The van der Waals surface area contributed by atoms with E-state index in [0.717, 1.165) is 5.75 Å². The third-order valence-electron chi connectivity index (χ3n) is 1.55. The van der Waals surface area contributed by atoms with Crippen molar-refractivity contribution in [2.24, 2.45) is 0 Å². The van der Waals surface area contributed by atoms with E-state index in [9.17, 15) is 0 Å². The Morgan fingerprint density at radius 3 is 2.43 bits per heavy atom. The minimum absolute atomic E-state index is 0. The second-order valence-corrected chi connectivity index (χ2v) is 2.25. The summed E-state index contributed by atoms with van der Waals surface area (Å²) in [5.74, 6) is 0.991. The van der Waals surface area contributed by atoms with E-state index in [-0.39, 0.29) is 62.1 Å². The summed E-state index contributed by atoms with van der Waals surface area (Å²) in [6, 6.07) is 8.03. The standard InChI is InChI=1S/C9H8O.CH4.Fe.Mo.Ni/c1-2-6-9-8(4-1)5-3-7-10-9;;;;/h1-6H,7H2;1H4;;;. The summed E-state index contributed by atoms with van der Waals surface area (Å²) in [6.07, 6.45) is 4.10. The van der Waals surface area contributed by atoms with Gasteiger partial charge in [-0.2, -0.15) is 0 Å². The zero-order valence-electron chi connectivity index (χ0n) is 6.66. The van der Waals surface area contributed by atoms with Gasteiger partial charge in [-0.1, -0.05) is 31.7 Å². The van der Waals surface area contributed by atoms with Crippen LogP contribution in [0.1, 0.15) is 13.0 Å². The molecule has 1 aliphatic rings. The Bertz CT molecular complexity index is 279. The topological polar surface area (TPSA) is 9.23 Å². The second-order valence-electron chi connectivity index (χ2n) is 2.25. The fourth-order valence-electron chi connectivity index (χ4n) is 1.06. The molecular formula is C10H12FeMoNiO. The summed E-state index contributed by atoms with van der Waals surface area (Å²) in [4.78, 5) is 0. The summed E-state index contributed by atoms with van der Waals surface area (Å²) in [7, 11) is 0. The van der Waals surface area contributed by atoms with Gasteiger partial charge in [-0.25, -0.2) is 0 Å². The molecule has 1 heterocycles. The quantitative estimate of drug-likeness (QED) is 0.648. The molecule has 82 valence electrons. The smallest absolute Gasteiger partial charge is 0.126 e. The summed E-state index contributed by atoms with van der Waals surface area (Å²) in [5, 5.41) is 0. The molecule has 0 N–H and O–H groups in total. The van der Waals surface area contributed by atoms with Crippen molar-refractivity contribution < 1.29 is 59.4 Å². The number of hydrogen-bond acceptors (Lipinski definition) is 1. The average molecular weight is 359 g/mol. The SMILES string of the molecule is C.C1=Cc2ccccc2OC1.[Fe].[Mo].[Ni]. The monoisotopic (exact) mass is 360 g/mol. The van der Waals surface area contributed by atoms with Crippen LogP contribution < -0.4 is 4.74 Å². The third kappa shape index (κ3) is 4.80. The van der Waals surface area contributed by atoms with Gasteiger partial charge in [0.25, 0.3) is 0 Å². The third-order valence-corrected chi connectivity index (χ3v) is 1.55. The van der Waals surface area contributed by atoms with E-state index in [2.05, 4.69) is 6.08 Å². The van der Waals surface area contributed by atoms with Gasteiger partial charge in [-0.05, 0) is 12.1 Å². The van der Waals surface area contributed by atoms with Crippen LogP contribution in [-0.2, 0) is 54.6 Å². The van der Waals surface area contributed by atoms with E-state index in [1.807, 2.05) is 30.3 Å². The molecule has 0 saturated carbocycles. The molecule has 1 aromatic carbocycles. The van der Waals surface area contributed by atoms with Crippen molar-refractivity contribution in [3.8, 4) is 5.75 Å². The summed E-state index contributed by atoms with van der Waals surface area (Å²) in [5.41, 5.74) is 1.17. The van der Waals surface area contributed by atoms with E-state index in [1.165, 1.54) is 5.56 Å². The molecular weight excluding hydrogens is 347 g/mol. The predicted octanol–water partition coefficient (Wildman–Crippen LogP) is 2.72. The van der Waals surface area contributed by atoms with Crippen molar-refractivity contribution in [1.29, 1.82) is 0 Å². The Morgan fingerprint density at radius 1 is 1.14 bits per heavy atom. The van der Waals surface area contributed by atoms with Gasteiger partial charge in [0.2, 0.25) is 0 Å². The molecule has 14 heavy (non-hydrogen) atoms. The summed E-state index contributed by atoms with van der Waals surface area (Å²) in [6.45, 7) is 0.705. The van der Waals surface area contributed by atoms with Crippen LogP contribution in [0, 0.1) is 0 Å². The van der Waals surface area contributed by atoms with Crippen molar-refractivity contribution >= 4 is 6.08 Å². The summed E-state index contributed by atoms with van der Waals surface area (Å²) >= 11 is 0. The van der Waals surface area contributed by atoms with Gasteiger partial charge in [0.15, 0.2) is 0 Å². The minimum Gasteiger partial charge on any atom is -0.489 e. The van der Waals surface area contributed by atoms with E-state index >= 15 is 0 Å². The number of para-hydroxylation sites is 1. The van der Waals surface area contributed by atoms with Crippen LogP contribution in [0.15, 0.2) is 30.3 Å². The van der Waals surface area contributed by atoms with Crippen molar-refractivity contribution in [2.45, 2.75) is 7.43 Å². The Balaban J connectivity index is -0.000000302. The fraction of sp³-hybridized carbons (Fsp3) is 0.200. The molecule has 0 radical (unpaired) electrons. The number of benzene rings is 1. The molecule has 0 aromatic heterocycles. The Morgan fingerprint density at radius 2 is 1.79 bits per heavy atom. The van der Waals surface area contributed by atoms with E-state index in [1.54, 1.807) is 0 Å². The van der Waals surface area contributed by atoms with Crippen molar-refractivity contribution in [3.63, 3.8) is 0 Å². The Kier molecular flexibility index (Phi) is 14.2. The molecule has 2 rings (SSSR count). The van der Waals surface area contributed by atoms with E-state index in [0.29, 0.717) is 6.61 Å². The maximum absolute atomic E-state index is 5.34. The van der Waals surface area contributed by atoms with Gasteiger partial charge in [-0.15, -0.1) is 0 Å². The van der Waals surface area contributed by atoms with Crippen LogP contribution in [0.25, 0.3) is 6.08 Å². The van der Waals surface area contributed by atoms with Crippen LogP contribution in [0.4, 0.5) is 0 Å². The maximum atomic E-state index is 5.34. The molecule has 0 amide bonds. The van der Waals surface area contributed by atoms with Crippen molar-refractivity contribution in [1.82, 2.24) is 0 Å². The van der Waals surface area contributed by atoms with Gasteiger partial charge in [0.05, 0.1) is 0 Å². The van der Waals surface area contributed by atoms with Gasteiger partial charge < -0.3 is 4.74 Å². The van der Waals surface area contributed by atoms with Crippen LogP contribution >= 0.6 is 0 Å². The molecule has 0 unspecified atom stereocenters. The molecule has 1 aromatic rings. The maximum Gasteiger partial charge on any atom is 0.126 e. The minimum atomic E-state index is 0. The molecule has 0 fully saturated rings. The second kappa shape index (κ2) is 10.00. The number of rotatable bonds is 0. The zero-order chi connectivity index (χ0) is 6.81. The Hall–Kier alpha value is 0.461. The fourth-order valence-corrected chi connectivity index (χ4v) is 1.06. The molecule has 0 saturated heterocycles. The van der Waals surface area contributed by atoms with Crippen LogP contribution in [0.2, 0.25) is 0 Å². The average Bonchev–Trinajstić information content (AvgIpc) is 2.05. The number of hydrogen-bond donors (Lipinski definition) is 0. The van der Waals surface area contributed by atoms with E-state index in [4.69, 9.17) is 4.74 Å². The molecule has 0 aliphatic carbocycles. The van der Waals surface area contributed by atoms with Crippen LogP contribution in [0.3, 0.4) is 0 Å². The normalized spacial score (nSPS) is 10.0. The first kappa shape index (κ1) is 19.9. The molecule has 0 spiro atoms. The zero-order valence-corrected chi connectivity index (χ0v) is 10.8. The predicted molar refractivity (Wildman–Crippen MR) is 47.7 cm³/mol. The first-order chi connectivity index (χ1) is 4.97. The summed E-state index contributed by atoms with van der Waals surface area (Å²) < 4.78 is 5.34. The van der Waals surface area contributed by atoms with Crippen molar-refractivity contribution in [2.75, 3.05) is 6.61 Å². The van der Waals surface area contributed by atoms with Gasteiger partial charge in [-0.3, -0.25) is 0 Å². The molecule has 0 atom stereocenters. The molecule has 0 bridgehead atoms. The first-order valence-electron chi connectivity index (χ1n) is 3.35. The first-order valence-corrected chi connectivity index (χ1v) is 3.35. The number of ether oxygens (including phenoxy) is 1. The molecule has 4 heteroatoms. The molecule has 1 aliphatic heterocycles. The van der Waals surface area contributed by atoms with Gasteiger partial charge in [0.1, 0.15) is 12.4 Å². The van der Waals surface area contributed by atoms with E-state index < -0.39 is 0 Å².